The van der Waals surface area contributed by atoms with Gasteiger partial charge in [-0.25, -0.2) is 0 Å². The lowest BCUT2D eigenvalue weighted by atomic mass is 9.83. The molecule has 0 amide bonds. The topological polar surface area (TPSA) is 30.5 Å². The van der Waals surface area contributed by atoms with Crippen molar-refractivity contribution in [3.8, 4) is 11.5 Å². The first-order chi connectivity index (χ1) is 9.78. The van der Waals surface area contributed by atoms with Crippen molar-refractivity contribution in [2.45, 2.75) is 44.6 Å². The van der Waals surface area contributed by atoms with E-state index in [1.165, 1.54) is 44.1 Å². The molecule has 1 aromatic rings. The van der Waals surface area contributed by atoms with Gasteiger partial charge in [-0.1, -0.05) is 32.1 Å². The summed E-state index contributed by atoms with van der Waals surface area (Å²) in [6.45, 7) is 0. The summed E-state index contributed by atoms with van der Waals surface area (Å²) < 4.78 is 10.9. The van der Waals surface area contributed by atoms with Crippen molar-refractivity contribution in [1.29, 1.82) is 0 Å². The van der Waals surface area contributed by atoms with Crippen LogP contribution in [0.25, 0.3) is 0 Å². The Morgan fingerprint density at radius 1 is 1.15 bits per heavy atom. The number of ether oxygens (including phenoxy) is 2. The van der Waals surface area contributed by atoms with Crippen LogP contribution < -0.4 is 14.8 Å². The molecule has 0 saturated heterocycles. The van der Waals surface area contributed by atoms with Gasteiger partial charge in [0, 0.05) is 11.6 Å². The van der Waals surface area contributed by atoms with Crippen LogP contribution in [0.5, 0.6) is 11.5 Å². The SMILES string of the molecule is CNC(CC1CCCCC1)c1cc(OC)ccc1OC. The normalized spacial score (nSPS) is 17.8. The van der Waals surface area contributed by atoms with Crippen LogP contribution in [0.4, 0.5) is 0 Å². The molecule has 1 aliphatic rings. The fourth-order valence-electron chi connectivity index (χ4n) is 3.27. The Labute approximate surface area is 122 Å². The quantitative estimate of drug-likeness (QED) is 0.854. The zero-order valence-electron chi connectivity index (χ0n) is 12.9. The number of rotatable bonds is 6. The second-order valence-electron chi connectivity index (χ2n) is 5.69. The summed E-state index contributed by atoms with van der Waals surface area (Å²) in [5.41, 5.74) is 1.21. The van der Waals surface area contributed by atoms with E-state index in [9.17, 15) is 0 Å². The zero-order valence-corrected chi connectivity index (χ0v) is 12.9. The summed E-state index contributed by atoms with van der Waals surface area (Å²) in [5.74, 6) is 2.67. The summed E-state index contributed by atoms with van der Waals surface area (Å²) in [6.07, 6.45) is 8.09. The van der Waals surface area contributed by atoms with Crippen LogP contribution in [0, 0.1) is 5.92 Å². The second-order valence-corrected chi connectivity index (χ2v) is 5.69. The number of hydrogen-bond acceptors (Lipinski definition) is 3. The molecule has 1 N–H and O–H groups in total. The van der Waals surface area contributed by atoms with Gasteiger partial charge in [-0.05, 0) is 37.6 Å². The number of methoxy groups -OCH3 is 2. The first-order valence-electron chi connectivity index (χ1n) is 7.67. The van der Waals surface area contributed by atoms with Gasteiger partial charge in [0.15, 0.2) is 0 Å². The van der Waals surface area contributed by atoms with E-state index < -0.39 is 0 Å². The Balaban J connectivity index is 2.16. The molecular weight excluding hydrogens is 250 g/mol. The Bertz CT molecular complexity index is 413. The van der Waals surface area contributed by atoms with Crippen molar-refractivity contribution in [2.24, 2.45) is 5.92 Å². The number of hydrogen-bond donors (Lipinski definition) is 1. The molecule has 1 aliphatic carbocycles. The van der Waals surface area contributed by atoms with Crippen molar-refractivity contribution in [3.63, 3.8) is 0 Å². The summed E-state index contributed by atoms with van der Waals surface area (Å²) in [5, 5.41) is 3.46. The number of benzene rings is 1. The van der Waals surface area contributed by atoms with Gasteiger partial charge in [-0.15, -0.1) is 0 Å². The summed E-state index contributed by atoms with van der Waals surface area (Å²) in [6, 6.07) is 6.39. The van der Waals surface area contributed by atoms with Crippen LogP contribution in [-0.2, 0) is 0 Å². The maximum Gasteiger partial charge on any atom is 0.123 e. The molecule has 0 spiro atoms. The van der Waals surface area contributed by atoms with Gasteiger partial charge in [-0.2, -0.15) is 0 Å². The fraction of sp³-hybridized carbons (Fsp3) is 0.647. The van der Waals surface area contributed by atoms with E-state index in [1.54, 1.807) is 14.2 Å². The molecule has 1 unspecified atom stereocenters. The van der Waals surface area contributed by atoms with Crippen molar-refractivity contribution < 1.29 is 9.47 Å². The Kier molecular flexibility index (Phi) is 5.72. The lowest BCUT2D eigenvalue weighted by molar-refractivity contribution is 0.300. The van der Waals surface area contributed by atoms with Crippen LogP contribution in [0.15, 0.2) is 18.2 Å². The largest absolute Gasteiger partial charge is 0.497 e. The molecule has 0 aliphatic heterocycles. The molecule has 3 heteroatoms. The van der Waals surface area contributed by atoms with Gasteiger partial charge in [0.1, 0.15) is 11.5 Å². The summed E-state index contributed by atoms with van der Waals surface area (Å²) in [4.78, 5) is 0. The molecular formula is C17H27NO2. The first kappa shape index (κ1) is 15.2. The molecule has 0 bridgehead atoms. The lowest BCUT2D eigenvalue weighted by Gasteiger charge is -2.27. The monoisotopic (exact) mass is 277 g/mol. The third-order valence-corrected chi connectivity index (χ3v) is 4.45. The van der Waals surface area contributed by atoms with Crippen LogP contribution in [0.2, 0.25) is 0 Å². The van der Waals surface area contributed by atoms with Crippen LogP contribution in [0.1, 0.15) is 50.1 Å². The molecule has 1 fully saturated rings. The van der Waals surface area contributed by atoms with Gasteiger partial charge >= 0.3 is 0 Å². The highest BCUT2D eigenvalue weighted by Gasteiger charge is 2.22. The van der Waals surface area contributed by atoms with Crippen LogP contribution >= 0.6 is 0 Å². The maximum atomic E-state index is 5.52. The average Bonchev–Trinajstić information content (AvgIpc) is 2.53. The second kappa shape index (κ2) is 7.53. The van der Waals surface area contributed by atoms with Crippen molar-refractivity contribution >= 4 is 0 Å². The number of nitrogens with one attached hydrogen (secondary N) is 1. The van der Waals surface area contributed by atoms with Gasteiger partial charge in [0.05, 0.1) is 14.2 Å². The van der Waals surface area contributed by atoms with E-state index in [4.69, 9.17) is 9.47 Å². The Hall–Kier alpha value is -1.22. The van der Waals surface area contributed by atoms with Crippen LogP contribution in [-0.4, -0.2) is 21.3 Å². The van der Waals surface area contributed by atoms with E-state index in [2.05, 4.69) is 11.4 Å². The van der Waals surface area contributed by atoms with Gasteiger partial charge < -0.3 is 14.8 Å². The fourth-order valence-corrected chi connectivity index (χ4v) is 3.27. The highest BCUT2D eigenvalue weighted by molar-refractivity contribution is 5.42. The highest BCUT2D eigenvalue weighted by Crippen LogP contribution is 2.36. The van der Waals surface area contributed by atoms with E-state index >= 15 is 0 Å². The molecule has 20 heavy (non-hydrogen) atoms. The molecule has 0 aromatic heterocycles. The van der Waals surface area contributed by atoms with E-state index in [0.29, 0.717) is 6.04 Å². The molecule has 1 atom stereocenters. The maximum absolute atomic E-state index is 5.52. The molecule has 0 heterocycles. The molecule has 0 radical (unpaired) electrons. The molecule has 112 valence electrons. The van der Waals surface area contributed by atoms with Crippen molar-refractivity contribution in [2.75, 3.05) is 21.3 Å². The predicted octanol–water partition coefficient (Wildman–Crippen LogP) is 3.93. The minimum Gasteiger partial charge on any atom is -0.497 e. The van der Waals surface area contributed by atoms with Gasteiger partial charge in [0.25, 0.3) is 0 Å². The lowest BCUT2D eigenvalue weighted by Crippen LogP contribution is -2.21. The first-order valence-corrected chi connectivity index (χ1v) is 7.67. The van der Waals surface area contributed by atoms with Crippen molar-refractivity contribution in [1.82, 2.24) is 5.32 Å². The van der Waals surface area contributed by atoms with Gasteiger partial charge in [-0.3, -0.25) is 0 Å². The smallest absolute Gasteiger partial charge is 0.123 e. The summed E-state index contributed by atoms with van der Waals surface area (Å²) >= 11 is 0. The predicted molar refractivity (Wildman–Crippen MR) is 82.5 cm³/mol. The van der Waals surface area contributed by atoms with E-state index in [0.717, 1.165) is 17.4 Å². The highest BCUT2D eigenvalue weighted by atomic mass is 16.5. The van der Waals surface area contributed by atoms with Crippen LogP contribution in [0.3, 0.4) is 0 Å². The van der Waals surface area contributed by atoms with Gasteiger partial charge in [0.2, 0.25) is 0 Å². The Morgan fingerprint density at radius 2 is 1.90 bits per heavy atom. The Morgan fingerprint density at radius 3 is 2.50 bits per heavy atom. The van der Waals surface area contributed by atoms with E-state index in [-0.39, 0.29) is 0 Å². The standard InChI is InChI=1S/C17H27NO2/c1-18-16(11-13-7-5-4-6-8-13)15-12-14(19-2)9-10-17(15)20-3/h9-10,12-13,16,18H,4-8,11H2,1-3H3. The summed E-state index contributed by atoms with van der Waals surface area (Å²) in [7, 11) is 5.48. The third-order valence-electron chi connectivity index (χ3n) is 4.45. The third kappa shape index (κ3) is 3.66. The minimum absolute atomic E-state index is 0.336. The van der Waals surface area contributed by atoms with Crippen molar-refractivity contribution in [3.05, 3.63) is 23.8 Å². The minimum atomic E-state index is 0.336. The van der Waals surface area contributed by atoms with E-state index in [1.807, 2.05) is 19.2 Å². The molecule has 1 aromatic carbocycles. The molecule has 3 nitrogen and oxygen atoms in total. The zero-order chi connectivity index (χ0) is 14.4. The average molecular weight is 277 g/mol. The molecule has 2 rings (SSSR count). The molecule has 1 saturated carbocycles.